The fourth-order valence-corrected chi connectivity index (χ4v) is 2.66. The number of carbonyl (C=O) groups is 1. The average molecular weight is 286 g/mol. The van der Waals surface area contributed by atoms with Crippen LogP contribution in [0.2, 0.25) is 0 Å². The molecule has 20 heavy (non-hydrogen) atoms. The van der Waals surface area contributed by atoms with Gasteiger partial charge in [0.15, 0.2) is 0 Å². The lowest BCUT2D eigenvalue weighted by atomic mass is 10.2. The van der Waals surface area contributed by atoms with E-state index < -0.39 is 0 Å². The van der Waals surface area contributed by atoms with Crippen molar-refractivity contribution < 1.29 is 9.53 Å². The van der Waals surface area contributed by atoms with Crippen molar-refractivity contribution in [3.05, 3.63) is 60.2 Å². The number of nitrogens with one attached hydrogen (secondary N) is 2. The van der Waals surface area contributed by atoms with Crippen molar-refractivity contribution in [1.82, 2.24) is 5.32 Å². The maximum Gasteiger partial charge on any atom is 0.251 e. The van der Waals surface area contributed by atoms with Gasteiger partial charge in [-0.1, -0.05) is 42.1 Å². The molecule has 1 amide bonds. The van der Waals surface area contributed by atoms with Crippen molar-refractivity contribution in [2.24, 2.45) is 0 Å². The lowest BCUT2D eigenvalue weighted by molar-refractivity contribution is 0.0961. The number of carbonyl (C=O) groups excluding carboxylic acids is 1. The Morgan fingerprint density at radius 2 is 1.90 bits per heavy atom. The maximum absolute atomic E-state index is 11.9. The fraction of sp³-hybridized carbons (Fsp3) is 0.133. The second kappa shape index (κ2) is 5.88. The Bertz CT molecular complexity index is 579. The molecule has 1 aliphatic rings. The van der Waals surface area contributed by atoms with Gasteiger partial charge in [0.05, 0.1) is 11.6 Å². The molecule has 0 saturated carbocycles. The van der Waals surface area contributed by atoms with E-state index in [1.165, 1.54) is 11.8 Å². The monoisotopic (exact) mass is 286 g/mol. The number of fused-ring (bicyclic) bond motifs is 1. The van der Waals surface area contributed by atoms with Gasteiger partial charge >= 0.3 is 0 Å². The molecule has 0 radical (unpaired) electrons. The molecule has 0 spiro atoms. The molecule has 2 aromatic carbocycles. The summed E-state index contributed by atoms with van der Waals surface area (Å²) in [5.41, 5.74) is 1.49. The summed E-state index contributed by atoms with van der Waals surface area (Å²) in [6.45, 7) is 0. The number of para-hydroxylation sites is 2. The molecule has 0 saturated heterocycles. The van der Waals surface area contributed by atoms with Crippen LogP contribution < -0.4 is 15.4 Å². The molecule has 1 unspecified atom stereocenters. The first kappa shape index (κ1) is 12.9. The second-order valence-corrected chi connectivity index (χ2v) is 5.32. The SMILES string of the molecule is O=C(NCSC1Nc2ccccc2O1)c1ccccc1. The maximum atomic E-state index is 11.9. The molecular weight excluding hydrogens is 272 g/mol. The van der Waals surface area contributed by atoms with Crippen LogP contribution in [-0.2, 0) is 0 Å². The summed E-state index contributed by atoms with van der Waals surface area (Å²) in [5.74, 6) is 1.26. The summed E-state index contributed by atoms with van der Waals surface area (Å²) in [7, 11) is 0. The molecule has 2 N–H and O–H groups in total. The predicted octanol–water partition coefficient (Wildman–Crippen LogP) is 2.90. The Morgan fingerprint density at radius 1 is 1.15 bits per heavy atom. The first-order chi connectivity index (χ1) is 9.83. The van der Waals surface area contributed by atoms with Crippen molar-refractivity contribution >= 4 is 23.4 Å². The van der Waals surface area contributed by atoms with Crippen LogP contribution >= 0.6 is 11.8 Å². The second-order valence-electron chi connectivity index (χ2n) is 4.27. The van der Waals surface area contributed by atoms with Crippen LogP contribution in [0.4, 0.5) is 5.69 Å². The predicted molar refractivity (Wildman–Crippen MR) is 80.8 cm³/mol. The van der Waals surface area contributed by atoms with Crippen LogP contribution in [0.15, 0.2) is 54.6 Å². The smallest absolute Gasteiger partial charge is 0.251 e. The van der Waals surface area contributed by atoms with Crippen LogP contribution in [0.1, 0.15) is 10.4 Å². The zero-order valence-corrected chi connectivity index (χ0v) is 11.5. The minimum Gasteiger partial charge on any atom is -0.459 e. The molecule has 5 heteroatoms. The first-order valence-electron chi connectivity index (χ1n) is 6.30. The number of benzene rings is 2. The highest BCUT2D eigenvalue weighted by atomic mass is 32.2. The zero-order valence-electron chi connectivity index (χ0n) is 10.7. The highest BCUT2D eigenvalue weighted by molar-refractivity contribution is 7.99. The van der Waals surface area contributed by atoms with Gasteiger partial charge in [0, 0.05) is 5.56 Å². The van der Waals surface area contributed by atoms with E-state index in [-0.39, 0.29) is 11.5 Å². The van der Waals surface area contributed by atoms with Gasteiger partial charge in [-0.2, -0.15) is 0 Å². The van der Waals surface area contributed by atoms with E-state index in [2.05, 4.69) is 10.6 Å². The third kappa shape index (κ3) is 2.88. The number of amides is 1. The van der Waals surface area contributed by atoms with E-state index in [1.807, 2.05) is 42.5 Å². The topological polar surface area (TPSA) is 50.4 Å². The van der Waals surface area contributed by atoms with Crippen molar-refractivity contribution in [3.63, 3.8) is 0 Å². The molecule has 3 rings (SSSR count). The van der Waals surface area contributed by atoms with Gasteiger partial charge < -0.3 is 15.4 Å². The molecule has 102 valence electrons. The molecule has 0 bridgehead atoms. The van der Waals surface area contributed by atoms with Crippen LogP contribution in [0.3, 0.4) is 0 Å². The van der Waals surface area contributed by atoms with E-state index >= 15 is 0 Å². The van der Waals surface area contributed by atoms with Crippen molar-refractivity contribution in [2.45, 2.75) is 5.56 Å². The minimum atomic E-state index is -0.163. The van der Waals surface area contributed by atoms with E-state index in [0.29, 0.717) is 11.4 Å². The molecule has 1 heterocycles. The number of thioether (sulfide) groups is 1. The molecule has 2 aromatic rings. The molecule has 0 aliphatic carbocycles. The normalized spacial score (nSPS) is 15.9. The zero-order chi connectivity index (χ0) is 13.8. The summed E-state index contributed by atoms with van der Waals surface area (Å²) in [5, 5.41) is 6.09. The average Bonchev–Trinajstić information content (AvgIpc) is 2.90. The van der Waals surface area contributed by atoms with Crippen LogP contribution in [0.5, 0.6) is 5.75 Å². The number of ether oxygens (including phenoxy) is 1. The van der Waals surface area contributed by atoms with Crippen molar-refractivity contribution in [3.8, 4) is 5.75 Å². The van der Waals surface area contributed by atoms with Gasteiger partial charge in [-0.3, -0.25) is 4.79 Å². The van der Waals surface area contributed by atoms with E-state index in [1.54, 1.807) is 12.1 Å². The Hall–Kier alpha value is -2.14. The fourth-order valence-electron chi connectivity index (χ4n) is 1.91. The molecule has 0 aromatic heterocycles. The molecule has 4 nitrogen and oxygen atoms in total. The minimum absolute atomic E-state index is 0.0754. The summed E-state index contributed by atoms with van der Waals surface area (Å²) < 4.78 is 5.69. The van der Waals surface area contributed by atoms with Gasteiger partial charge in [-0.25, -0.2) is 0 Å². The Balaban J connectivity index is 1.47. The van der Waals surface area contributed by atoms with Crippen molar-refractivity contribution in [2.75, 3.05) is 11.2 Å². The number of hydrogen-bond donors (Lipinski definition) is 2. The third-order valence-electron chi connectivity index (χ3n) is 2.90. The largest absolute Gasteiger partial charge is 0.459 e. The van der Waals surface area contributed by atoms with E-state index in [9.17, 15) is 4.79 Å². The third-order valence-corrected chi connectivity index (χ3v) is 3.73. The van der Waals surface area contributed by atoms with E-state index in [4.69, 9.17) is 4.74 Å². The van der Waals surface area contributed by atoms with Crippen LogP contribution in [0.25, 0.3) is 0 Å². The van der Waals surface area contributed by atoms with Gasteiger partial charge in [0.25, 0.3) is 5.91 Å². The number of rotatable bonds is 4. The Morgan fingerprint density at radius 3 is 2.70 bits per heavy atom. The molecular formula is C15H14N2O2S. The Labute approximate surface area is 121 Å². The van der Waals surface area contributed by atoms with Gasteiger partial charge in [-0.05, 0) is 24.3 Å². The van der Waals surface area contributed by atoms with Crippen LogP contribution in [-0.4, -0.2) is 17.3 Å². The van der Waals surface area contributed by atoms with Crippen LogP contribution in [0, 0.1) is 0 Å². The highest BCUT2D eigenvalue weighted by Gasteiger charge is 2.21. The summed E-state index contributed by atoms with van der Waals surface area (Å²) >= 11 is 1.50. The van der Waals surface area contributed by atoms with Gasteiger partial charge in [0.2, 0.25) is 5.56 Å². The molecule has 1 atom stereocenters. The summed E-state index contributed by atoms with van der Waals surface area (Å²) in [6.07, 6.45) is 0. The highest BCUT2D eigenvalue weighted by Crippen LogP contribution is 2.34. The van der Waals surface area contributed by atoms with Crippen molar-refractivity contribution in [1.29, 1.82) is 0 Å². The lowest BCUT2D eigenvalue weighted by Crippen LogP contribution is -2.26. The number of hydrogen-bond acceptors (Lipinski definition) is 4. The summed E-state index contributed by atoms with van der Waals surface area (Å²) in [4.78, 5) is 11.9. The van der Waals surface area contributed by atoms with Gasteiger partial charge in [0.1, 0.15) is 5.75 Å². The molecule has 0 fully saturated rings. The number of anilines is 1. The Kier molecular flexibility index (Phi) is 3.78. The quantitative estimate of drug-likeness (QED) is 0.849. The van der Waals surface area contributed by atoms with E-state index in [0.717, 1.165) is 11.4 Å². The van der Waals surface area contributed by atoms with Gasteiger partial charge in [-0.15, -0.1) is 0 Å². The molecule has 1 aliphatic heterocycles. The summed E-state index contributed by atoms with van der Waals surface area (Å²) in [6, 6.07) is 17.0. The first-order valence-corrected chi connectivity index (χ1v) is 7.35. The lowest BCUT2D eigenvalue weighted by Gasteiger charge is -2.11. The standard InChI is InChI=1S/C15H14N2O2S/c18-14(11-6-2-1-3-7-11)16-10-20-15-17-12-8-4-5-9-13(12)19-15/h1-9,15,17H,10H2,(H,16,18).